The highest BCUT2D eigenvalue weighted by atomic mass is 35.5. The summed E-state index contributed by atoms with van der Waals surface area (Å²) in [5.41, 5.74) is -0.0210. The average Bonchev–Trinajstić information content (AvgIpc) is 3.19. The van der Waals surface area contributed by atoms with Crippen molar-refractivity contribution in [2.75, 3.05) is 25.0 Å². The van der Waals surface area contributed by atoms with Gasteiger partial charge in [-0.1, -0.05) is 23.7 Å². The molecule has 0 saturated carbocycles. The number of amides is 1. The zero-order chi connectivity index (χ0) is 21.0. The van der Waals surface area contributed by atoms with Crippen LogP contribution in [0.3, 0.4) is 0 Å². The van der Waals surface area contributed by atoms with Gasteiger partial charge in [0.2, 0.25) is 10.0 Å². The van der Waals surface area contributed by atoms with Crippen molar-refractivity contribution in [3.63, 3.8) is 0 Å². The first-order valence-electron chi connectivity index (χ1n) is 8.94. The Labute approximate surface area is 173 Å². The number of sulfonamides is 1. The number of ether oxygens (including phenoxy) is 1. The van der Waals surface area contributed by atoms with Crippen molar-refractivity contribution >= 4 is 39.3 Å². The Morgan fingerprint density at radius 2 is 2.17 bits per heavy atom. The Morgan fingerprint density at radius 1 is 1.38 bits per heavy atom. The van der Waals surface area contributed by atoms with Gasteiger partial charge >= 0.3 is 5.97 Å². The summed E-state index contributed by atoms with van der Waals surface area (Å²) in [4.78, 5) is 23.9. The molecule has 1 aliphatic rings. The second-order valence-corrected chi connectivity index (χ2v) is 9.08. The molecule has 1 saturated heterocycles. The van der Waals surface area contributed by atoms with Gasteiger partial charge in [0.1, 0.15) is 11.2 Å². The van der Waals surface area contributed by atoms with E-state index in [0.29, 0.717) is 13.1 Å². The normalized spacial score (nSPS) is 17.7. The lowest BCUT2D eigenvalue weighted by atomic mass is 10.0. The van der Waals surface area contributed by atoms with Crippen LogP contribution in [-0.4, -0.2) is 49.5 Å². The van der Waals surface area contributed by atoms with Gasteiger partial charge in [-0.05, 0) is 37.0 Å². The van der Waals surface area contributed by atoms with Crippen molar-refractivity contribution < 1.29 is 27.3 Å². The van der Waals surface area contributed by atoms with Crippen LogP contribution in [0.15, 0.2) is 39.9 Å². The van der Waals surface area contributed by atoms with Crippen LogP contribution in [0.1, 0.15) is 30.1 Å². The number of nitrogens with zero attached hydrogens (tertiary/aromatic N) is 2. The van der Waals surface area contributed by atoms with Crippen LogP contribution in [0, 0.1) is 5.92 Å². The van der Waals surface area contributed by atoms with Gasteiger partial charge in [0.15, 0.2) is 12.4 Å². The SMILES string of the molecule is CC1CCCN(S(=O)(=O)c2cc(C(=O)OCC(=O)Nc3ccon3)ccc2Cl)C1. The number of aromatic nitrogens is 1. The third kappa shape index (κ3) is 5.14. The number of carbonyl (C=O) groups is 2. The van der Waals surface area contributed by atoms with E-state index in [1.165, 1.54) is 34.8 Å². The molecule has 1 aromatic heterocycles. The van der Waals surface area contributed by atoms with Gasteiger partial charge in [-0.3, -0.25) is 4.79 Å². The highest BCUT2D eigenvalue weighted by Crippen LogP contribution is 2.29. The number of nitrogens with one attached hydrogen (secondary N) is 1. The molecule has 1 aromatic carbocycles. The number of anilines is 1. The molecule has 1 N–H and O–H groups in total. The Kier molecular flexibility index (Phi) is 6.56. The number of piperidine rings is 1. The van der Waals surface area contributed by atoms with Gasteiger partial charge in [0, 0.05) is 19.2 Å². The van der Waals surface area contributed by atoms with E-state index in [4.69, 9.17) is 16.3 Å². The summed E-state index contributed by atoms with van der Waals surface area (Å²) in [6.07, 6.45) is 3.00. The number of carbonyl (C=O) groups excluding carboxylic acids is 2. The summed E-state index contributed by atoms with van der Waals surface area (Å²) in [5, 5.41) is 5.90. The lowest BCUT2D eigenvalue weighted by Crippen LogP contribution is -2.39. The first-order valence-corrected chi connectivity index (χ1v) is 10.8. The predicted molar refractivity (Wildman–Crippen MR) is 104 cm³/mol. The van der Waals surface area contributed by atoms with Gasteiger partial charge in [-0.2, -0.15) is 4.31 Å². The van der Waals surface area contributed by atoms with Gasteiger partial charge in [-0.25, -0.2) is 13.2 Å². The molecule has 2 heterocycles. The summed E-state index contributed by atoms with van der Waals surface area (Å²) >= 11 is 6.11. The van der Waals surface area contributed by atoms with Gasteiger partial charge < -0.3 is 14.6 Å². The molecule has 29 heavy (non-hydrogen) atoms. The van der Waals surface area contributed by atoms with Gasteiger partial charge in [-0.15, -0.1) is 0 Å². The Balaban J connectivity index is 1.70. The molecule has 1 unspecified atom stereocenters. The van der Waals surface area contributed by atoms with Crippen molar-refractivity contribution in [1.82, 2.24) is 9.46 Å². The summed E-state index contributed by atoms with van der Waals surface area (Å²) in [6, 6.07) is 5.28. The molecule has 11 heteroatoms. The van der Waals surface area contributed by atoms with Crippen LogP contribution >= 0.6 is 11.6 Å². The molecule has 1 aliphatic heterocycles. The van der Waals surface area contributed by atoms with E-state index in [-0.39, 0.29) is 27.2 Å². The molecule has 0 aliphatic carbocycles. The standard InChI is InChI=1S/C18H20ClN3O6S/c1-12-3-2-7-22(10-12)29(25,26)15-9-13(4-5-14(15)19)18(24)27-11-17(23)20-16-6-8-28-21-16/h4-6,8-9,12H,2-3,7,10-11H2,1H3,(H,20,21,23). The number of hydrogen-bond donors (Lipinski definition) is 1. The van der Waals surface area contributed by atoms with Crippen LogP contribution in [0.4, 0.5) is 5.82 Å². The maximum Gasteiger partial charge on any atom is 0.338 e. The van der Waals surface area contributed by atoms with E-state index < -0.39 is 28.5 Å². The second-order valence-electron chi connectivity index (χ2n) is 6.76. The zero-order valence-electron chi connectivity index (χ0n) is 15.6. The van der Waals surface area contributed by atoms with Crippen LogP contribution in [0.2, 0.25) is 5.02 Å². The Hall–Kier alpha value is -2.43. The molecule has 3 rings (SSSR count). The molecule has 0 radical (unpaired) electrons. The van der Waals surface area contributed by atoms with Crippen molar-refractivity contribution in [1.29, 1.82) is 0 Å². The second kappa shape index (κ2) is 8.93. The van der Waals surface area contributed by atoms with E-state index in [1.807, 2.05) is 6.92 Å². The van der Waals surface area contributed by atoms with Gasteiger partial charge in [0.25, 0.3) is 5.91 Å². The Morgan fingerprint density at radius 3 is 2.86 bits per heavy atom. The van der Waals surface area contributed by atoms with Crippen molar-refractivity contribution in [3.8, 4) is 0 Å². The van der Waals surface area contributed by atoms with E-state index in [2.05, 4.69) is 15.0 Å². The number of rotatable bonds is 6. The maximum absolute atomic E-state index is 13.0. The molecule has 1 amide bonds. The molecule has 9 nitrogen and oxygen atoms in total. The lowest BCUT2D eigenvalue weighted by molar-refractivity contribution is -0.119. The topological polar surface area (TPSA) is 119 Å². The minimum Gasteiger partial charge on any atom is -0.452 e. The third-order valence-electron chi connectivity index (χ3n) is 4.44. The summed E-state index contributed by atoms with van der Waals surface area (Å²) in [5.74, 6) is -1.04. The number of benzene rings is 1. The molecule has 0 bridgehead atoms. The molecule has 2 aromatic rings. The predicted octanol–water partition coefficient (Wildman–Crippen LogP) is 2.54. The molecule has 1 fully saturated rings. The van der Waals surface area contributed by atoms with E-state index in [9.17, 15) is 18.0 Å². The first-order chi connectivity index (χ1) is 13.8. The fraction of sp³-hybridized carbons (Fsp3) is 0.389. The fourth-order valence-corrected chi connectivity index (χ4v) is 5.10. The highest BCUT2D eigenvalue weighted by Gasteiger charge is 2.31. The van der Waals surface area contributed by atoms with Gasteiger partial charge in [0.05, 0.1) is 10.6 Å². The van der Waals surface area contributed by atoms with Crippen molar-refractivity contribution in [2.24, 2.45) is 5.92 Å². The fourth-order valence-electron chi connectivity index (χ4n) is 3.00. The molecule has 1 atom stereocenters. The smallest absolute Gasteiger partial charge is 0.338 e. The number of hydrogen-bond acceptors (Lipinski definition) is 7. The summed E-state index contributed by atoms with van der Waals surface area (Å²) in [7, 11) is -3.85. The molecule has 0 spiro atoms. The Bertz CT molecular complexity index is 993. The van der Waals surface area contributed by atoms with Crippen molar-refractivity contribution in [2.45, 2.75) is 24.7 Å². The largest absolute Gasteiger partial charge is 0.452 e. The monoisotopic (exact) mass is 441 g/mol. The summed E-state index contributed by atoms with van der Waals surface area (Å²) < 4.78 is 36.9. The average molecular weight is 442 g/mol. The third-order valence-corrected chi connectivity index (χ3v) is 6.79. The number of halogens is 1. The highest BCUT2D eigenvalue weighted by molar-refractivity contribution is 7.89. The van der Waals surface area contributed by atoms with E-state index in [1.54, 1.807) is 0 Å². The first kappa shape index (κ1) is 21.3. The van der Waals surface area contributed by atoms with Crippen LogP contribution in [0.5, 0.6) is 0 Å². The molecular weight excluding hydrogens is 422 g/mol. The van der Waals surface area contributed by atoms with E-state index in [0.717, 1.165) is 12.8 Å². The minimum atomic E-state index is -3.85. The zero-order valence-corrected chi connectivity index (χ0v) is 17.2. The molecular formula is C18H20ClN3O6S. The van der Waals surface area contributed by atoms with Crippen LogP contribution < -0.4 is 5.32 Å². The summed E-state index contributed by atoms with van der Waals surface area (Å²) in [6.45, 7) is 2.22. The van der Waals surface area contributed by atoms with Crippen LogP contribution in [0.25, 0.3) is 0 Å². The van der Waals surface area contributed by atoms with Crippen LogP contribution in [-0.2, 0) is 19.6 Å². The number of esters is 1. The quantitative estimate of drug-likeness (QED) is 0.684. The lowest BCUT2D eigenvalue weighted by Gasteiger charge is -2.30. The maximum atomic E-state index is 13.0. The van der Waals surface area contributed by atoms with E-state index >= 15 is 0 Å². The minimum absolute atomic E-state index is 0.0172. The van der Waals surface area contributed by atoms with Crippen molar-refractivity contribution in [3.05, 3.63) is 41.1 Å². The molecule has 156 valence electrons.